The Morgan fingerprint density at radius 3 is 2.59 bits per heavy atom. The zero-order valence-electron chi connectivity index (χ0n) is 14.5. The molecule has 1 amide bonds. The Balaban J connectivity index is 1.35. The summed E-state index contributed by atoms with van der Waals surface area (Å²) >= 11 is 0. The predicted octanol–water partition coefficient (Wildman–Crippen LogP) is 0.905. The summed E-state index contributed by atoms with van der Waals surface area (Å²) in [6.07, 6.45) is 7.83. The molecule has 27 heavy (non-hydrogen) atoms. The van der Waals surface area contributed by atoms with Gasteiger partial charge in [-0.2, -0.15) is 5.10 Å². The number of amides is 1. The third-order valence-corrected chi connectivity index (χ3v) is 4.57. The summed E-state index contributed by atoms with van der Waals surface area (Å²) in [5.74, 6) is -1.15. The Bertz CT molecular complexity index is 986. The number of nitrogens with zero attached hydrogens (tertiary/aromatic N) is 6. The fraction of sp³-hybridized carbons (Fsp3) is 0.294. The molecule has 0 spiro atoms. The van der Waals surface area contributed by atoms with Crippen molar-refractivity contribution >= 4 is 11.9 Å². The summed E-state index contributed by atoms with van der Waals surface area (Å²) in [5.41, 5.74) is 1.80. The minimum absolute atomic E-state index is 0.0864. The van der Waals surface area contributed by atoms with E-state index in [1.165, 1.54) is 18.5 Å². The van der Waals surface area contributed by atoms with Crippen LogP contribution in [0.4, 0.5) is 0 Å². The maximum atomic E-state index is 12.1. The molecule has 2 N–H and O–H groups in total. The van der Waals surface area contributed by atoms with Crippen LogP contribution < -0.4 is 5.32 Å². The van der Waals surface area contributed by atoms with Gasteiger partial charge in [0.25, 0.3) is 5.91 Å². The SMILES string of the molecule is Cn1cc(C(=O)NC2CC(n3cc(-c4ccc(C(=O)O)cn4)nn3)C2)cn1. The van der Waals surface area contributed by atoms with Crippen molar-refractivity contribution in [2.45, 2.75) is 24.9 Å². The van der Waals surface area contributed by atoms with Crippen LogP contribution in [0.2, 0.25) is 0 Å². The zero-order valence-corrected chi connectivity index (χ0v) is 14.5. The third kappa shape index (κ3) is 3.41. The summed E-state index contributed by atoms with van der Waals surface area (Å²) < 4.78 is 3.35. The molecule has 0 aromatic carbocycles. The van der Waals surface area contributed by atoms with Gasteiger partial charge in [0.2, 0.25) is 0 Å². The molecule has 0 aliphatic heterocycles. The van der Waals surface area contributed by atoms with Gasteiger partial charge in [0.05, 0.1) is 35.3 Å². The number of aromatic carboxylic acids is 1. The number of carbonyl (C=O) groups is 2. The molecule has 3 aromatic heterocycles. The maximum Gasteiger partial charge on any atom is 0.337 e. The van der Waals surface area contributed by atoms with Gasteiger partial charge in [-0.15, -0.1) is 5.10 Å². The summed E-state index contributed by atoms with van der Waals surface area (Å²) in [4.78, 5) is 27.1. The second-order valence-electron chi connectivity index (χ2n) is 6.52. The monoisotopic (exact) mass is 367 g/mol. The van der Waals surface area contributed by atoms with Gasteiger partial charge in [0, 0.05) is 25.5 Å². The molecular weight excluding hydrogens is 350 g/mol. The van der Waals surface area contributed by atoms with E-state index in [0.717, 1.165) is 12.8 Å². The van der Waals surface area contributed by atoms with Crippen molar-refractivity contribution in [2.24, 2.45) is 7.05 Å². The summed E-state index contributed by atoms with van der Waals surface area (Å²) in [6.45, 7) is 0. The van der Waals surface area contributed by atoms with Crippen molar-refractivity contribution in [3.63, 3.8) is 0 Å². The van der Waals surface area contributed by atoms with Gasteiger partial charge in [-0.1, -0.05) is 5.21 Å². The lowest BCUT2D eigenvalue weighted by molar-refractivity contribution is 0.0696. The Morgan fingerprint density at radius 2 is 1.96 bits per heavy atom. The first-order valence-electron chi connectivity index (χ1n) is 8.40. The molecular formula is C17H17N7O3. The zero-order chi connectivity index (χ0) is 19.0. The van der Waals surface area contributed by atoms with Crippen molar-refractivity contribution in [2.75, 3.05) is 0 Å². The molecule has 1 saturated carbocycles. The number of hydrogen-bond acceptors (Lipinski definition) is 6. The highest BCUT2D eigenvalue weighted by molar-refractivity contribution is 5.93. The van der Waals surface area contributed by atoms with Gasteiger partial charge >= 0.3 is 5.97 Å². The van der Waals surface area contributed by atoms with E-state index in [4.69, 9.17) is 5.11 Å². The van der Waals surface area contributed by atoms with Crippen molar-refractivity contribution < 1.29 is 14.7 Å². The third-order valence-electron chi connectivity index (χ3n) is 4.57. The lowest BCUT2D eigenvalue weighted by Crippen LogP contribution is -2.45. The van der Waals surface area contributed by atoms with Crippen LogP contribution in [0, 0.1) is 0 Å². The minimum atomic E-state index is -1.02. The molecule has 1 aliphatic rings. The number of hydrogen-bond donors (Lipinski definition) is 2. The first-order valence-corrected chi connectivity index (χ1v) is 8.40. The molecule has 3 heterocycles. The molecule has 0 atom stereocenters. The smallest absolute Gasteiger partial charge is 0.337 e. The van der Waals surface area contributed by atoms with Gasteiger partial charge in [0.1, 0.15) is 5.69 Å². The van der Waals surface area contributed by atoms with E-state index < -0.39 is 5.97 Å². The molecule has 1 aliphatic carbocycles. The van der Waals surface area contributed by atoms with Crippen LogP contribution in [0.15, 0.2) is 36.9 Å². The molecule has 138 valence electrons. The van der Waals surface area contributed by atoms with Gasteiger partial charge in [0.15, 0.2) is 0 Å². The van der Waals surface area contributed by atoms with Crippen LogP contribution in [0.5, 0.6) is 0 Å². The second kappa shape index (κ2) is 6.63. The fourth-order valence-corrected chi connectivity index (χ4v) is 2.97. The number of carbonyl (C=O) groups excluding carboxylic acids is 1. The Kier molecular flexibility index (Phi) is 4.15. The highest BCUT2D eigenvalue weighted by atomic mass is 16.4. The Labute approximate surface area is 153 Å². The highest BCUT2D eigenvalue weighted by Crippen LogP contribution is 2.32. The van der Waals surface area contributed by atoms with E-state index in [9.17, 15) is 9.59 Å². The fourth-order valence-electron chi connectivity index (χ4n) is 2.97. The summed E-state index contributed by atoms with van der Waals surface area (Å²) in [7, 11) is 1.77. The van der Waals surface area contributed by atoms with Crippen LogP contribution in [-0.2, 0) is 7.05 Å². The van der Waals surface area contributed by atoms with E-state index in [-0.39, 0.29) is 23.6 Å². The van der Waals surface area contributed by atoms with Gasteiger partial charge in [-0.25, -0.2) is 9.48 Å². The van der Waals surface area contributed by atoms with Crippen molar-refractivity contribution in [1.82, 2.24) is 35.1 Å². The maximum absolute atomic E-state index is 12.1. The number of nitrogens with one attached hydrogen (secondary N) is 1. The standard InChI is InChI=1S/C17H17N7O3/c1-23-8-11(7-19-23)16(25)20-12-4-13(5-12)24-9-15(21-22-24)14-3-2-10(6-18-14)17(26)27/h2-3,6-9,12-13H,4-5H2,1H3,(H,20,25)(H,26,27). The molecule has 1 fully saturated rings. The normalized spacial score (nSPS) is 18.7. The molecule has 0 unspecified atom stereocenters. The highest BCUT2D eigenvalue weighted by Gasteiger charge is 2.33. The van der Waals surface area contributed by atoms with E-state index in [1.807, 2.05) is 0 Å². The van der Waals surface area contributed by atoms with Crippen LogP contribution in [-0.4, -0.2) is 52.8 Å². The van der Waals surface area contributed by atoms with Gasteiger partial charge in [-0.3, -0.25) is 14.5 Å². The molecule has 3 aromatic rings. The van der Waals surface area contributed by atoms with Gasteiger partial charge < -0.3 is 10.4 Å². The average Bonchev–Trinajstić information content (AvgIpc) is 3.27. The number of pyridine rings is 1. The Hall–Kier alpha value is -3.56. The van der Waals surface area contributed by atoms with Crippen LogP contribution in [0.25, 0.3) is 11.4 Å². The van der Waals surface area contributed by atoms with Crippen LogP contribution in [0.1, 0.15) is 39.6 Å². The number of aromatic nitrogens is 6. The van der Waals surface area contributed by atoms with Crippen LogP contribution >= 0.6 is 0 Å². The lowest BCUT2D eigenvalue weighted by Gasteiger charge is -2.35. The van der Waals surface area contributed by atoms with Crippen molar-refractivity contribution in [1.29, 1.82) is 0 Å². The Morgan fingerprint density at radius 1 is 1.15 bits per heavy atom. The predicted molar refractivity (Wildman–Crippen MR) is 92.9 cm³/mol. The van der Waals surface area contributed by atoms with Crippen molar-refractivity contribution in [3.8, 4) is 11.4 Å². The quantitative estimate of drug-likeness (QED) is 0.686. The molecule has 0 bridgehead atoms. The second-order valence-corrected chi connectivity index (χ2v) is 6.52. The molecule has 10 heteroatoms. The summed E-state index contributed by atoms with van der Waals surface area (Å²) in [6, 6.07) is 3.33. The topological polar surface area (TPSA) is 128 Å². The lowest BCUT2D eigenvalue weighted by atomic mass is 9.86. The number of aryl methyl sites for hydroxylation is 1. The van der Waals surface area contributed by atoms with Crippen LogP contribution in [0.3, 0.4) is 0 Å². The number of rotatable bonds is 5. The number of carboxylic acids is 1. The first kappa shape index (κ1) is 16.9. The van der Waals surface area contributed by atoms with E-state index >= 15 is 0 Å². The molecule has 0 saturated heterocycles. The van der Waals surface area contributed by atoms with E-state index in [0.29, 0.717) is 17.0 Å². The molecule has 4 rings (SSSR count). The van der Waals surface area contributed by atoms with E-state index in [2.05, 4.69) is 25.7 Å². The van der Waals surface area contributed by atoms with Crippen molar-refractivity contribution in [3.05, 3.63) is 48.0 Å². The molecule has 0 radical (unpaired) electrons. The largest absolute Gasteiger partial charge is 0.478 e. The minimum Gasteiger partial charge on any atom is -0.478 e. The summed E-state index contributed by atoms with van der Waals surface area (Å²) in [5, 5.41) is 24.1. The first-order chi connectivity index (χ1) is 13.0. The van der Waals surface area contributed by atoms with E-state index in [1.54, 1.807) is 34.9 Å². The number of carboxylic acid groups (broad SMARTS) is 1. The molecule has 10 nitrogen and oxygen atoms in total. The van der Waals surface area contributed by atoms with Gasteiger partial charge in [-0.05, 0) is 25.0 Å². The average molecular weight is 367 g/mol.